The quantitative estimate of drug-likeness (QED) is 0.902. The molecule has 1 aliphatic heterocycles. The van der Waals surface area contributed by atoms with Gasteiger partial charge in [0, 0.05) is 11.6 Å². The summed E-state index contributed by atoms with van der Waals surface area (Å²) in [4.78, 5) is 8.38. The molecule has 104 valence electrons. The van der Waals surface area contributed by atoms with Gasteiger partial charge < -0.3 is 10.6 Å². The molecular formula is C15H17FN4. The van der Waals surface area contributed by atoms with Crippen molar-refractivity contribution in [2.75, 3.05) is 18.4 Å². The molecule has 2 heterocycles. The summed E-state index contributed by atoms with van der Waals surface area (Å²) in [7, 11) is 0. The van der Waals surface area contributed by atoms with E-state index >= 15 is 0 Å². The summed E-state index contributed by atoms with van der Waals surface area (Å²) in [5.41, 5.74) is 1.43. The van der Waals surface area contributed by atoms with Gasteiger partial charge >= 0.3 is 0 Å². The molecule has 20 heavy (non-hydrogen) atoms. The Morgan fingerprint density at radius 1 is 1.15 bits per heavy atom. The molecule has 0 unspecified atom stereocenters. The van der Waals surface area contributed by atoms with E-state index in [1.807, 2.05) is 30.3 Å². The molecule has 1 aliphatic rings. The normalized spacial score (nSPS) is 16.1. The number of aromatic nitrogens is 2. The molecule has 1 saturated heterocycles. The molecule has 0 bridgehead atoms. The van der Waals surface area contributed by atoms with Crippen LogP contribution in [0.25, 0.3) is 0 Å². The van der Waals surface area contributed by atoms with Crippen LogP contribution in [0.1, 0.15) is 24.5 Å². The molecule has 3 rings (SSSR count). The Morgan fingerprint density at radius 2 is 1.90 bits per heavy atom. The van der Waals surface area contributed by atoms with Crippen molar-refractivity contribution >= 4 is 11.6 Å². The minimum atomic E-state index is -0.310. The molecule has 0 saturated carbocycles. The Bertz CT molecular complexity index is 567. The minimum Gasteiger partial charge on any atom is -0.324 e. The van der Waals surface area contributed by atoms with E-state index in [9.17, 15) is 4.39 Å². The Morgan fingerprint density at radius 3 is 2.65 bits per heavy atom. The lowest BCUT2D eigenvalue weighted by Crippen LogP contribution is -2.27. The van der Waals surface area contributed by atoms with Crippen molar-refractivity contribution in [3.05, 3.63) is 48.0 Å². The Kier molecular flexibility index (Phi) is 3.87. The molecular weight excluding hydrogens is 255 g/mol. The molecule has 1 fully saturated rings. The van der Waals surface area contributed by atoms with Crippen molar-refractivity contribution in [3.63, 3.8) is 0 Å². The standard InChI is InChI=1S/C15H17FN4/c16-13-10-18-15(19-12-4-2-1-3-5-12)20-14(13)11-6-8-17-9-7-11/h1-5,10-11,17H,6-9H2,(H,18,19,20). The fraction of sp³-hybridized carbons (Fsp3) is 0.333. The molecule has 0 radical (unpaired) electrons. The van der Waals surface area contributed by atoms with Crippen LogP contribution >= 0.6 is 0 Å². The highest BCUT2D eigenvalue weighted by Crippen LogP contribution is 2.26. The van der Waals surface area contributed by atoms with Crippen LogP contribution in [0.3, 0.4) is 0 Å². The average Bonchev–Trinajstić information content (AvgIpc) is 2.51. The fourth-order valence-electron chi connectivity index (χ4n) is 2.47. The second-order valence-corrected chi connectivity index (χ2v) is 4.94. The van der Waals surface area contributed by atoms with Gasteiger partial charge in [-0.2, -0.15) is 0 Å². The van der Waals surface area contributed by atoms with E-state index in [4.69, 9.17) is 0 Å². The van der Waals surface area contributed by atoms with Crippen LogP contribution < -0.4 is 10.6 Å². The zero-order chi connectivity index (χ0) is 13.8. The summed E-state index contributed by atoms with van der Waals surface area (Å²) in [6, 6.07) is 9.66. The third-order valence-electron chi connectivity index (χ3n) is 3.53. The van der Waals surface area contributed by atoms with Crippen molar-refractivity contribution in [3.8, 4) is 0 Å². The summed E-state index contributed by atoms with van der Waals surface area (Å²) in [5.74, 6) is 0.317. The van der Waals surface area contributed by atoms with Crippen LogP contribution in [0, 0.1) is 5.82 Å². The first-order valence-corrected chi connectivity index (χ1v) is 6.88. The van der Waals surface area contributed by atoms with E-state index in [0.29, 0.717) is 11.6 Å². The van der Waals surface area contributed by atoms with Crippen LogP contribution in [-0.2, 0) is 0 Å². The van der Waals surface area contributed by atoms with Crippen molar-refractivity contribution in [2.45, 2.75) is 18.8 Å². The molecule has 0 atom stereocenters. The number of rotatable bonds is 3. The Hall–Kier alpha value is -2.01. The second kappa shape index (κ2) is 5.96. The number of para-hydroxylation sites is 1. The number of anilines is 2. The lowest BCUT2D eigenvalue weighted by atomic mass is 9.94. The van der Waals surface area contributed by atoms with E-state index in [1.165, 1.54) is 6.20 Å². The molecule has 4 nitrogen and oxygen atoms in total. The first-order chi connectivity index (χ1) is 9.83. The molecule has 1 aromatic heterocycles. The molecule has 0 amide bonds. The van der Waals surface area contributed by atoms with E-state index in [1.54, 1.807) is 0 Å². The lowest BCUT2D eigenvalue weighted by molar-refractivity contribution is 0.434. The molecule has 0 spiro atoms. The summed E-state index contributed by atoms with van der Waals surface area (Å²) >= 11 is 0. The highest BCUT2D eigenvalue weighted by molar-refractivity contribution is 5.52. The highest BCUT2D eigenvalue weighted by atomic mass is 19.1. The predicted molar refractivity (Wildman–Crippen MR) is 76.6 cm³/mol. The third kappa shape index (κ3) is 2.93. The zero-order valence-electron chi connectivity index (χ0n) is 11.1. The number of benzene rings is 1. The van der Waals surface area contributed by atoms with Crippen molar-refractivity contribution < 1.29 is 4.39 Å². The van der Waals surface area contributed by atoms with Gasteiger partial charge in [-0.1, -0.05) is 18.2 Å². The largest absolute Gasteiger partial charge is 0.324 e. The second-order valence-electron chi connectivity index (χ2n) is 4.94. The van der Waals surface area contributed by atoms with E-state index in [0.717, 1.165) is 31.6 Å². The maximum atomic E-state index is 13.9. The lowest BCUT2D eigenvalue weighted by Gasteiger charge is -2.22. The zero-order valence-corrected chi connectivity index (χ0v) is 11.1. The van der Waals surface area contributed by atoms with E-state index in [-0.39, 0.29) is 11.7 Å². The topological polar surface area (TPSA) is 49.8 Å². The Labute approximate surface area is 117 Å². The van der Waals surface area contributed by atoms with Gasteiger partial charge in [-0.25, -0.2) is 14.4 Å². The summed E-state index contributed by atoms with van der Waals surface area (Å²) < 4.78 is 13.9. The summed E-state index contributed by atoms with van der Waals surface area (Å²) in [6.07, 6.45) is 3.09. The van der Waals surface area contributed by atoms with Crippen molar-refractivity contribution in [2.24, 2.45) is 0 Å². The number of nitrogens with one attached hydrogen (secondary N) is 2. The molecule has 2 aromatic rings. The molecule has 5 heteroatoms. The first-order valence-electron chi connectivity index (χ1n) is 6.88. The first kappa shape index (κ1) is 13.0. The predicted octanol–water partition coefficient (Wildman–Crippen LogP) is 2.83. The molecule has 1 aromatic carbocycles. The van der Waals surface area contributed by atoms with Crippen molar-refractivity contribution in [1.29, 1.82) is 0 Å². The van der Waals surface area contributed by atoms with Crippen LogP contribution in [0.2, 0.25) is 0 Å². The summed E-state index contributed by atoms with van der Waals surface area (Å²) in [5, 5.41) is 6.38. The number of hydrogen-bond donors (Lipinski definition) is 2. The third-order valence-corrected chi connectivity index (χ3v) is 3.53. The molecule has 2 N–H and O–H groups in total. The minimum absolute atomic E-state index is 0.176. The van der Waals surface area contributed by atoms with Gasteiger partial charge in [-0.3, -0.25) is 0 Å². The smallest absolute Gasteiger partial charge is 0.227 e. The van der Waals surface area contributed by atoms with Gasteiger partial charge in [-0.15, -0.1) is 0 Å². The summed E-state index contributed by atoms with van der Waals surface area (Å²) in [6.45, 7) is 1.82. The van der Waals surface area contributed by atoms with E-state index < -0.39 is 0 Å². The van der Waals surface area contributed by atoms with Gasteiger partial charge in [0.05, 0.1) is 11.9 Å². The number of hydrogen-bond acceptors (Lipinski definition) is 4. The van der Waals surface area contributed by atoms with Gasteiger partial charge in [0.15, 0.2) is 5.82 Å². The van der Waals surface area contributed by atoms with Gasteiger partial charge in [0.1, 0.15) is 0 Å². The fourth-order valence-corrected chi connectivity index (χ4v) is 2.47. The Balaban J connectivity index is 1.82. The highest BCUT2D eigenvalue weighted by Gasteiger charge is 2.21. The number of halogens is 1. The van der Waals surface area contributed by atoms with Gasteiger partial charge in [0.25, 0.3) is 0 Å². The molecule has 0 aliphatic carbocycles. The van der Waals surface area contributed by atoms with Crippen LogP contribution in [0.4, 0.5) is 16.0 Å². The van der Waals surface area contributed by atoms with Crippen molar-refractivity contribution in [1.82, 2.24) is 15.3 Å². The maximum Gasteiger partial charge on any atom is 0.227 e. The SMILES string of the molecule is Fc1cnc(Nc2ccccc2)nc1C1CCNCC1. The number of piperidine rings is 1. The average molecular weight is 272 g/mol. The maximum absolute atomic E-state index is 13.9. The van der Waals surface area contributed by atoms with Crippen LogP contribution in [0.5, 0.6) is 0 Å². The van der Waals surface area contributed by atoms with Crippen LogP contribution in [0.15, 0.2) is 36.5 Å². The monoisotopic (exact) mass is 272 g/mol. The van der Waals surface area contributed by atoms with Crippen LogP contribution in [-0.4, -0.2) is 23.1 Å². The van der Waals surface area contributed by atoms with Gasteiger partial charge in [0.2, 0.25) is 5.95 Å². The van der Waals surface area contributed by atoms with E-state index in [2.05, 4.69) is 20.6 Å². The van der Waals surface area contributed by atoms with Gasteiger partial charge in [-0.05, 0) is 38.1 Å². The number of nitrogens with zero attached hydrogens (tertiary/aromatic N) is 2.